The Bertz CT molecular complexity index is 881. The number of carbonyl (C=O) groups is 3. The largest absolute Gasteiger partial charge is 0.480 e. The molecule has 1 aliphatic rings. The first-order valence-electron chi connectivity index (χ1n) is 11.4. The second kappa shape index (κ2) is 13.2. The van der Waals surface area contributed by atoms with E-state index in [1.165, 1.54) is 0 Å². The molecule has 1 unspecified atom stereocenters. The van der Waals surface area contributed by atoms with Crippen LogP contribution in [-0.4, -0.2) is 108 Å². The van der Waals surface area contributed by atoms with E-state index >= 15 is 0 Å². The Morgan fingerprint density at radius 1 is 1.03 bits per heavy atom. The van der Waals surface area contributed by atoms with Gasteiger partial charge in [0.1, 0.15) is 12.3 Å². The maximum absolute atomic E-state index is 12.0. The second-order valence-corrected chi connectivity index (χ2v) is 8.36. The number of aldehydes is 1. The highest BCUT2D eigenvalue weighted by atomic mass is 16.4. The summed E-state index contributed by atoms with van der Waals surface area (Å²) in [5.74, 6) is -1.92. The quantitative estimate of drug-likeness (QED) is 0.188. The summed E-state index contributed by atoms with van der Waals surface area (Å²) in [6, 6.07) is -0.780. The summed E-state index contributed by atoms with van der Waals surface area (Å²) in [7, 11) is 0. The molecule has 0 aromatic heterocycles. The van der Waals surface area contributed by atoms with E-state index in [1.54, 1.807) is 4.90 Å². The smallest absolute Gasteiger partial charge is 0.320 e. The lowest BCUT2D eigenvalue weighted by atomic mass is 10.0. The van der Waals surface area contributed by atoms with Gasteiger partial charge in [0, 0.05) is 51.4 Å². The number of nitrogens with zero attached hydrogens (tertiary/aromatic N) is 3. The first kappa shape index (κ1) is 26.6. The normalized spacial score (nSPS) is 17.7. The standard InChI is InChI=1S/C22H34N4O7/c1-2-4-16-19(21(31)20(16)30)23-6-3-5-17(22(32)33)26-11-9-24(13-14-27)7-8-25(10-12-26)15-18(28)29/h14,17,23H,2-13,15H2,1H3,(H,28,29)(H,32,33). The van der Waals surface area contributed by atoms with Crippen LogP contribution in [0.2, 0.25) is 0 Å². The molecule has 11 heteroatoms. The summed E-state index contributed by atoms with van der Waals surface area (Å²) in [4.78, 5) is 63.1. The molecule has 1 saturated heterocycles. The third kappa shape index (κ3) is 7.72. The number of anilines is 1. The van der Waals surface area contributed by atoms with Gasteiger partial charge in [-0.2, -0.15) is 0 Å². The van der Waals surface area contributed by atoms with E-state index in [0.29, 0.717) is 76.3 Å². The molecule has 0 bridgehead atoms. The summed E-state index contributed by atoms with van der Waals surface area (Å²) in [5.41, 5.74) is -0.0799. The molecule has 33 heavy (non-hydrogen) atoms. The topological polar surface area (TPSA) is 148 Å². The minimum atomic E-state index is -0.971. The van der Waals surface area contributed by atoms with Crippen LogP contribution in [0.5, 0.6) is 0 Å². The highest BCUT2D eigenvalue weighted by Gasteiger charge is 2.28. The number of hydrogen-bond acceptors (Lipinski definition) is 9. The zero-order valence-electron chi connectivity index (χ0n) is 19.1. The van der Waals surface area contributed by atoms with Gasteiger partial charge in [0.25, 0.3) is 0 Å². The van der Waals surface area contributed by atoms with Crippen molar-refractivity contribution >= 4 is 23.9 Å². The van der Waals surface area contributed by atoms with Crippen molar-refractivity contribution in [2.75, 3.05) is 64.2 Å². The van der Waals surface area contributed by atoms with Gasteiger partial charge in [0.05, 0.1) is 18.8 Å². The van der Waals surface area contributed by atoms with Crippen molar-refractivity contribution in [1.82, 2.24) is 14.7 Å². The molecule has 0 saturated carbocycles. The van der Waals surface area contributed by atoms with Crippen LogP contribution in [0, 0.1) is 0 Å². The summed E-state index contributed by atoms with van der Waals surface area (Å²) in [6.45, 7) is 5.13. The zero-order chi connectivity index (χ0) is 24.4. The third-order valence-corrected chi connectivity index (χ3v) is 6.02. The molecule has 2 rings (SSSR count). The fraction of sp³-hybridized carbons (Fsp3) is 0.682. The van der Waals surface area contributed by atoms with E-state index in [0.717, 1.165) is 12.7 Å². The van der Waals surface area contributed by atoms with Crippen molar-refractivity contribution in [3.8, 4) is 0 Å². The molecular weight excluding hydrogens is 432 g/mol. The maximum Gasteiger partial charge on any atom is 0.320 e. The molecule has 11 nitrogen and oxygen atoms in total. The fourth-order valence-electron chi connectivity index (χ4n) is 4.19. The van der Waals surface area contributed by atoms with E-state index < -0.39 is 28.8 Å². The lowest BCUT2D eigenvalue weighted by Crippen LogP contribution is -2.47. The van der Waals surface area contributed by atoms with Gasteiger partial charge in [-0.1, -0.05) is 13.3 Å². The number of carbonyl (C=O) groups excluding carboxylic acids is 1. The predicted molar refractivity (Wildman–Crippen MR) is 123 cm³/mol. The molecule has 1 atom stereocenters. The predicted octanol–water partition coefficient (Wildman–Crippen LogP) is -0.916. The van der Waals surface area contributed by atoms with Crippen molar-refractivity contribution in [2.24, 2.45) is 0 Å². The minimum Gasteiger partial charge on any atom is -0.480 e. The molecule has 1 aromatic carbocycles. The number of hydrogen-bond donors (Lipinski definition) is 3. The Labute approximate surface area is 192 Å². The van der Waals surface area contributed by atoms with E-state index in [-0.39, 0.29) is 13.1 Å². The Morgan fingerprint density at radius 3 is 2.27 bits per heavy atom. The SMILES string of the molecule is CCCc1c(NCCCC(C(=O)O)N2CCN(CC=O)CCN(CC(=O)O)CC2)c(=O)c1=O. The van der Waals surface area contributed by atoms with Crippen LogP contribution in [0.3, 0.4) is 0 Å². The molecule has 1 aliphatic heterocycles. The molecule has 1 fully saturated rings. The maximum atomic E-state index is 12.0. The van der Waals surface area contributed by atoms with Crippen LogP contribution in [0.15, 0.2) is 9.59 Å². The van der Waals surface area contributed by atoms with Crippen LogP contribution in [0.25, 0.3) is 0 Å². The molecule has 1 aromatic rings. The average molecular weight is 467 g/mol. The van der Waals surface area contributed by atoms with Crippen molar-refractivity contribution < 1.29 is 24.6 Å². The van der Waals surface area contributed by atoms with E-state index in [9.17, 15) is 29.1 Å². The molecule has 1 heterocycles. The summed E-state index contributed by atoms with van der Waals surface area (Å²) < 4.78 is 0. The number of aliphatic carboxylic acids is 2. The first-order chi connectivity index (χ1) is 15.8. The second-order valence-electron chi connectivity index (χ2n) is 8.36. The number of nitrogens with one attached hydrogen (secondary N) is 1. The lowest BCUT2D eigenvalue weighted by molar-refractivity contribution is -0.144. The molecule has 0 aliphatic carbocycles. The van der Waals surface area contributed by atoms with Crippen molar-refractivity contribution in [3.05, 3.63) is 26.0 Å². The summed E-state index contributed by atoms with van der Waals surface area (Å²) >= 11 is 0. The Balaban J connectivity index is 1.99. The Kier molecular flexibility index (Phi) is 10.6. The van der Waals surface area contributed by atoms with Crippen LogP contribution in [-0.2, 0) is 20.8 Å². The van der Waals surface area contributed by atoms with Crippen LogP contribution in [0.4, 0.5) is 5.69 Å². The van der Waals surface area contributed by atoms with E-state index in [2.05, 4.69) is 5.32 Å². The average Bonchev–Trinajstić information content (AvgIpc) is 2.86. The first-order valence-corrected chi connectivity index (χ1v) is 11.4. The molecule has 3 N–H and O–H groups in total. The van der Waals surface area contributed by atoms with Gasteiger partial charge in [-0.3, -0.25) is 33.9 Å². The Hall–Kier alpha value is -2.63. The fourth-order valence-corrected chi connectivity index (χ4v) is 4.19. The van der Waals surface area contributed by atoms with Gasteiger partial charge >= 0.3 is 11.9 Å². The molecular formula is C22H34N4O7. The van der Waals surface area contributed by atoms with Gasteiger partial charge in [-0.05, 0) is 19.3 Å². The van der Waals surface area contributed by atoms with Gasteiger partial charge in [0.15, 0.2) is 0 Å². The number of carboxylic acid groups (broad SMARTS) is 2. The van der Waals surface area contributed by atoms with Gasteiger partial charge in [0.2, 0.25) is 10.9 Å². The van der Waals surface area contributed by atoms with Crippen molar-refractivity contribution in [2.45, 2.75) is 38.6 Å². The number of rotatable bonds is 13. The minimum absolute atomic E-state index is 0.146. The van der Waals surface area contributed by atoms with Crippen LogP contribution >= 0.6 is 0 Å². The number of carboxylic acids is 2. The molecule has 184 valence electrons. The molecule has 0 spiro atoms. The van der Waals surface area contributed by atoms with Crippen LogP contribution < -0.4 is 16.2 Å². The van der Waals surface area contributed by atoms with Gasteiger partial charge in [-0.25, -0.2) is 0 Å². The highest BCUT2D eigenvalue weighted by molar-refractivity contribution is 5.73. The molecule has 0 amide bonds. The van der Waals surface area contributed by atoms with Crippen molar-refractivity contribution in [3.63, 3.8) is 0 Å². The third-order valence-electron chi connectivity index (χ3n) is 6.02. The van der Waals surface area contributed by atoms with Crippen LogP contribution in [0.1, 0.15) is 31.7 Å². The summed E-state index contributed by atoms with van der Waals surface area (Å²) in [6.07, 6.45) is 2.90. The van der Waals surface area contributed by atoms with E-state index in [4.69, 9.17) is 5.11 Å². The Morgan fingerprint density at radius 2 is 1.67 bits per heavy atom. The lowest BCUT2D eigenvalue weighted by Gasteiger charge is -2.30. The molecule has 0 radical (unpaired) electrons. The van der Waals surface area contributed by atoms with Gasteiger partial charge < -0.3 is 20.3 Å². The monoisotopic (exact) mass is 466 g/mol. The summed E-state index contributed by atoms with van der Waals surface area (Å²) in [5, 5.41) is 22.0. The van der Waals surface area contributed by atoms with E-state index in [1.807, 2.05) is 16.7 Å². The zero-order valence-corrected chi connectivity index (χ0v) is 19.1. The highest BCUT2D eigenvalue weighted by Crippen LogP contribution is 2.13. The van der Waals surface area contributed by atoms with Crippen molar-refractivity contribution in [1.29, 1.82) is 0 Å². The van der Waals surface area contributed by atoms with Gasteiger partial charge in [-0.15, -0.1) is 0 Å².